The SMILES string of the molecule is O=C(c1ccc2[nH]ncc2c1)C1(Cc2ccccc2)CCNCC1. The molecule has 1 aliphatic rings. The van der Waals surface area contributed by atoms with Gasteiger partial charge in [0.25, 0.3) is 0 Å². The van der Waals surface area contributed by atoms with Gasteiger partial charge in [-0.15, -0.1) is 0 Å². The summed E-state index contributed by atoms with van der Waals surface area (Å²) in [6, 6.07) is 16.2. The topological polar surface area (TPSA) is 57.8 Å². The molecule has 2 aromatic carbocycles. The second kappa shape index (κ2) is 6.21. The van der Waals surface area contributed by atoms with Gasteiger partial charge in [0.05, 0.1) is 11.7 Å². The average Bonchev–Trinajstić information content (AvgIpc) is 3.10. The molecule has 0 amide bonds. The highest BCUT2D eigenvalue weighted by Crippen LogP contribution is 2.37. The number of hydrogen-bond donors (Lipinski definition) is 2. The van der Waals surface area contributed by atoms with Crippen LogP contribution in [0.2, 0.25) is 0 Å². The van der Waals surface area contributed by atoms with E-state index in [0.29, 0.717) is 0 Å². The van der Waals surface area contributed by atoms with Gasteiger partial charge in [-0.25, -0.2) is 0 Å². The van der Waals surface area contributed by atoms with E-state index in [1.165, 1.54) is 5.56 Å². The number of fused-ring (bicyclic) bond motifs is 1. The first-order chi connectivity index (χ1) is 11.8. The molecule has 122 valence electrons. The van der Waals surface area contributed by atoms with Gasteiger partial charge in [0.15, 0.2) is 5.78 Å². The number of hydrogen-bond acceptors (Lipinski definition) is 3. The summed E-state index contributed by atoms with van der Waals surface area (Å²) in [5.41, 5.74) is 2.68. The minimum atomic E-state index is -0.315. The average molecular weight is 319 g/mol. The summed E-state index contributed by atoms with van der Waals surface area (Å²) < 4.78 is 0. The van der Waals surface area contributed by atoms with Gasteiger partial charge in [0, 0.05) is 16.4 Å². The third-order valence-electron chi connectivity index (χ3n) is 5.13. The van der Waals surface area contributed by atoms with Gasteiger partial charge >= 0.3 is 0 Å². The van der Waals surface area contributed by atoms with E-state index in [0.717, 1.165) is 48.8 Å². The number of aromatic amines is 1. The molecule has 0 saturated carbocycles. The molecular weight excluding hydrogens is 298 g/mol. The van der Waals surface area contributed by atoms with Crippen molar-refractivity contribution in [1.29, 1.82) is 0 Å². The number of carbonyl (C=O) groups excluding carboxylic acids is 1. The van der Waals surface area contributed by atoms with Crippen LogP contribution in [-0.4, -0.2) is 29.1 Å². The van der Waals surface area contributed by atoms with Gasteiger partial charge in [-0.05, 0) is 56.1 Å². The molecule has 24 heavy (non-hydrogen) atoms. The molecule has 4 rings (SSSR count). The van der Waals surface area contributed by atoms with Crippen LogP contribution < -0.4 is 5.32 Å². The third-order valence-corrected chi connectivity index (χ3v) is 5.13. The molecule has 2 N–H and O–H groups in total. The second-order valence-corrected chi connectivity index (χ2v) is 6.69. The van der Waals surface area contributed by atoms with Gasteiger partial charge in [-0.1, -0.05) is 30.3 Å². The molecule has 0 atom stereocenters. The maximum Gasteiger partial charge on any atom is 0.169 e. The lowest BCUT2D eigenvalue weighted by Crippen LogP contribution is -2.43. The van der Waals surface area contributed by atoms with Crippen molar-refractivity contribution >= 4 is 16.7 Å². The number of carbonyl (C=O) groups is 1. The van der Waals surface area contributed by atoms with Crippen molar-refractivity contribution in [3.05, 3.63) is 65.9 Å². The van der Waals surface area contributed by atoms with Gasteiger partial charge in [-0.2, -0.15) is 5.10 Å². The van der Waals surface area contributed by atoms with Crippen molar-refractivity contribution < 1.29 is 4.79 Å². The zero-order valence-electron chi connectivity index (χ0n) is 13.6. The number of H-pyrrole nitrogens is 1. The second-order valence-electron chi connectivity index (χ2n) is 6.69. The molecule has 1 fully saturated rings. The van der Waals surface area contributed by atoms with Crippen LogP contribution in [0.25, 0.3) is 10.9 Å². The highest BCUT2D eigenvalue weighted by Gasteiger charge is 2.39. The lowest BCUT2D eigenvalue weighted by Gasteiger charge is -2.36. The largest absolute Gasteiger partial charge is 0.317 e. The van der Waals surface area contributed by atoms with Crippen LogP contribution in [0.4, 0.5) is 0 Å². The molecule has 1 aromatic heterocycles. The molecule has 0 unspecified atom stereocenters. The number of benzene rings is 2. The maximum atomic E-state index is 13.4. The fraction of sp³-hybridized carbons (Fsp3) is 0.300. The fourth-order valence-electron chi connectivity index (χ4n) is 3.77. The van der Waals surface area contributed by atoms with E-state index in [4.69, 9.17) is 0 Å². The monoisotopic (exact) mass is 319 g/mol. The Balaban J connectivity index is 1.70. The van der Waals surface area contributed by atoms with Crippen molar-refractivity contribution in [3.63, 3.8) is 0 Å². The van der Waals surface area contributed by atoms with E-state index in [2.05, 4.69) is 27.6 Å². The van der Waals surface area contributed by atoms with Crippen LogP contribution in [0, 0.1) is 5.41 Å². The summed E-state index contributed by atoms with van der Waals surface area (Å²) in [6.45, 7) is 1.79. The van der Waals surface area contributed by atoms with Gasteiger partial charge in [0.2, 0.25) is 0 Å². The summed E-state index contributed by atoms with van der Waals surface area (Å²) in [7, 11) is 0. The minimum absolute atomic E-state index is 0.260. The molecule has 4 nitrogen and oxygen atoms in total. The maximum absolute atomic E-state index is 13.4. The Morgan fingerprint density at radius 3 is 2.67 bits per heavy atom. The number of ketones is 1. The van der Waals surface area contributed by atoms with Gasteiger partial charge in [0.1, 0.15) is 0 Å². The number of nitrogens with one attached hydrogen (secondary N) is 2. The molecule has 0 bridgehead atoms. The summed E-state index contributed by atoms with van der Waals surface area (Å²) in [6.07, 6.45) is 4.34. The predicted molar refractivity (Wildman–Crippen MR) is 95.1 cm³/mol. The standard InChI is InChI=1S/C20H21N3O/c24-19(16-6-7-18-17(12-16)14-22-23-18)20(8-10-21-11-9-20)13-15-4-2-1-3-5-15/h1-7,12,14,21H,8-11,13H2,(H,22,23). The van der Waals surface area contributed by atoms with Crippen molar-refractivity contribution in [2.75, 3.05) is 13.1 Å². The third kappa shape index (κ3) is 2.74. The van der Waals surface area contributed by atoms with Crippen molar-refractivity contribution in [1.82, 2.24) is 15.5 Å². The van der Waals surface area contributed by atoms with Gasteiger partial charge in [-0.3, -0.25) is 9.89 Å². The Morgan fingerprint density at radius 2 is 1.88 bits per heavy atom. The Labute approximate surface area is 141 Å². The summed E-state index contributed by atoms with van der Waals surface area (Å²) in [4.78, 5) is 13.4. The molecule has 1 saturated heterocycles. The minimum Gasteiger partial charge on any atom is -0.317 e. The smallest absolute Gasteiger partial charge is 0.169 e. The van der Waals surface area contributed by atoms with Crippen LogP contribution in [0.1, 0.15) is 28.8 Å². The number of aromatic nitrogens is 2. The molecule has 1 aliphatic heterocycles. The normalized spacial score (nSPS) is 17.0. The first-order valence-corrected chi connectivity index (χ1v) is 8.49. The van der Waals surface area contributed by atoms with E-state index in [1.807, 2.05) is 36.4 Å². The van der Waals surface area contributed by atoms with Crippen LogP contribution in [0.5, 0.6) is 0 Å². The first kappa shape index (κ1) is 15.1. The Kier molecular flexibility index (Phi) is 3.90. The van der Waals surface area contributed by atoms with Gasteiger partial charge < -0.3 is 5.32 Å². The zero-order valence-corrected chi connectivity index (χ0v) is 13.6. The van der Waals surface area contributed by atoms with Crippen LogP contribution in [0.15, 0.2) is 54.7 Å². The molecule has 4 heteroatoms. The van der Waals surface area contributed by atoms with E-state index in [9.17, 15) is 4.79 Å². The zero-order chi connectivity index (χ0) is 16.4. The number of rotatable bonds is 4. The summed E-state index contributed by atoms with van der Waals surface area (Å²) in [5.74, 6) is 0.260. The van der Waals surface area contributed by atoms with Crippen molar-refractivity contribution in [2.24, 2.45) is 5.41 Å². The molecule has 0 aliphatic carbocycles. The number of Topliss-reactive ketones (excluding diaryl/α,β-unsaturated/α-hetero) is 1. The first-order valence-electron chi connectivity index (χ1n) is 8.49. The van der Waals surface area contributed by atoms with E-state index >= 15 is 0 Å². The van der Waals surface area contributed by atoms with E-state index < -0.39 is 0 Å². The molecule has 0 radical (unpaired) electrons. The summed E-state index contributed by atoms with van der Waals surface area (Å²) >= 11 is 0. The van der Waals surface area contributed by atoms with Crippen molar-refractivity contribution in [2.45, 2.75) is 19.3 Å². The van der Waals surface area contributed by atoms with Crippen LogP contribution in [-0.2, 0) is 6.42 Å². The number of piperidine rings is 1. The lowest BCUT2D eigenvalue weighted by atomic mass is 9.69. The van der Waals surface area contributed by atoms with Crippen LogP contribution >= 0.6 is 0 Å². The van der Waals surface area contributed by atoms with E-state index in [-0.39, 0.29) is 11.2 Å². The highest BCUT2D eigenvalue weighted by atomic mass is 16.1. The Bertz CT molecular complexity index is 847. The van der Waals surface area contributed by atoms with E-state index in [1.54, 1.807) is 6.20 Å². The quantitative estimate of drug-likeness (QED) is 0.725. The van der Waals surface area contributed by atoms with Crippen LogP contribution in [0.3, 0.4) is 0 Å². The summed E-state index contributed by atoms with van der Waals surface area (Å²) in [5, 5.41) is 11.4. The molecule has 2 heterocycles. The predicted octanol–water partition coefficient (Wildman–Crippen LogP) is 3.36. The van der Waals surface area contributed by atoms with Crippen molar-refractivity contribution in [3.8, 4) is 0 Å². The molecular formula is C20H21N3O. The Morgan fingerprint density at radius 1 is 1.08 bits per heavy atom. The lowest BCUT2D eigenvalue weighted by molar-refractivity contribution is 0.0726. The Hall–Kier alpha value is -2.46. The molecule has 3 aromatic rings. The fourth-order valence-corrected chi connectivity index (χ4v) is 3.77. The molecule has 0 spiro atoms. The number of nitrogens with zero attached hydrogens (tertiary/aromatic N) is 1. The highest BCUT2D eigenvalue weighted by molar-refractivity contribution is 6.03.